The summed E-state index contributed by atoms with van der Waals surface area (Å²) in [5, 5.41) is 0. The normalized spacial score (nSPS) is 14.8. The van der Waals surface area contributed by atoms with Crippen molar-refractivity contribution in [3.8, 4) is 17.2 Å². The topological polar surface area (TPSA) is 27.7 Å². The molecule has 1 aliphatic carbocycles. The Bertz CT molecular complexity index is 743. The first-order chi connectivity index (χ1) is 11.6. The summed E-state index contributed by atoms with van der Waals surface area (Å²) in [5.74, 6) is 2.62. The predicted molar refractivity (Wildman–Crippen MR) is 100 cm³/mol. The summed E-state index contributed by atoms with van der Waals surface area (Å²) >= 11 is 0. The van der Waals surface area contributed by atoms with Gasteiger partial charge in [-0.15, -0.1) is 0 Å². The largest absolute Gasteiger partial charge is 0.542 e. The zero-order valence-electron chi connectivity index (χ0n) is 14.7. The van der Waals surface area contributed by atoms with E-state index in [0.29, 0.717) is 0 Å². The van der Waals surface area contributed by atoms with Crippen molar-refractivity contribution in [1.29, 1.82) is 0 Å². The first-order valence-electron chi connectivity index (χ1n) is 8.14. The first-order valence-corrected chi connectivity index (χ1v) is 10.6. The molecule has 3 rings (SSSR count). The van der Waals surface area contributed by atoms with E-state index in [4.69, 9.17) is 13.9 Å². The number of rotatable bonds is 5. The van der Waals surface area contributed by atoms with Gasteiger partial charge >= 0.3 is 0 Å². The van der Waals surface area contributed by atoms with E-state index >= 15 is 0 Å². The van der Waals surface area contributed by atoms with Gasteiger partial charge in [0.1, 0.15) is 17.2 Å². The average Bonchev–Trinajstić information content (AvgIpc) is 2.98. The van der Waals surface area contributed by atoms with Crippen molar-refractivity contribution in [2.24, 2.45) is 0 Å². The molecular weight excluding hydrogens is 316 g/mol. The Labute approximate surface area is 145 Å². The molecule has 125 valence electrons. The molecule has 0 saturated carbocycles. The van der Waals surface area contributed by atoms with Crippen LogP contribution in [0.3, 0.4) is 0 Å². The Morgan fingerprint density at radius 2 is 1.67 bits per heavy atom. The molecule has 0 N–H and O–H groups in total. The number of allylic oxidation sites excluding steroid dienone is 1. The van der Waals surface area contributed by atoms with Crippen LogP contribution in [0.1, 0.15) is 23.1 Å². The highest BCUT2D eigenvalue weighted by atomic mass is 28.3. The average molecular weight is 339 g/mol. The monoisotopic (exact) mass is 339 g/mol. The molecule has 0 saturated heterocycles. The first kappa shape index (κ1) is 16.6. The summed E-state index contributed by atoms with van der Waals surface area (Å²) in [7, 11) is 2.56. The van der Waals surface area contributed by atoms with Crippen LogP contribution in [-0.2, 0) is 6.42 Å². The van der Waals surface area contributed by atoms with Crippen LogP contribution in [0.2, 0.25) is 13.1 Å². The molecule has 1 radical (unpaired) electrons. The van der Waals surface area contributed by atoms with E-state index in [1.54, 1.807) is 14.2 Å². The van der Waals surface area contributed by atoms with Gasteiger partial charge in [-0.25, -0.2) is 0 Å². The molecule has 0 spiro atoms. The Hall–Kier alpha value is -2.20. The number of ether oxygens (including phenoxy) is 2. The fourth-order valence-electron chi connectivity index (χ4n) is 3.11. The van der Waals surface area contributed by atoms with Crippen molar-refractivity contribution in [3.63, 3.8) is 0 Å². The Kier molecular flexibility index (Phi) is 4.95. The van der Waals surface area contributed by atoms with Gasteiger partial charge in [0.15, 0.2) is 0 Å². The number of benzene rings is 2. The number of hydrogen-bond donors (Lipinski definition) is 0. The van der Waals surface area contributed by atoms with E-state index in [0.717, 1.165) is 35.7 Å². The van der Waals surface area contributed by atoms with Crippen LogP contribution in [0.15, 0.2) is 36.4 Å². The van der Waals surface area contributed by atoms with Crippen molar-refractivity contribution in [2.45, 2.75) is 25.9 Å². The quantitative estimate of drug-likeness (QED) is 0.731. The lowest BCUT2D eigenvalue weighted by Crippen LogP contribution is -2.12. The highest BCUT2D eigenvalue weighted by Crippen LogP contribution is 2.40. The van der Waals surface area contributed by atoms with E-state index in [-0.39, 0.29) is 0 Å². The molecule has 0 aliphatic heterocycles. The van der Waals surface area contributed by atoms with Gasteiger partial charge < -0.3 is 13.9 Å². The number of hydrogen-bond acceptors (Lipinski definition) is 3. The van der Waals surface area contributed by atoms with E-state index in [1.165, 1.54) is 16.7 Å². The summed E-state index contributed by atoms with van der Waals surface area (Å²) in [6.07, 6.45) is 4.32. The van der Waals surface area contributed by atoms with Crippen molar-refractivity contribution in [1.82, 2.24) is 0 Å². The molecule has 0 unspecified atom stereocenters. The van der Waals surface area contributed by atoms with Gasteiger partial charge in [-0.3, -0.25) is 0 Å². The van der Waals surface area contributed by atoms with Crippen LogP contribution < -0.4 is 13.9 Å². The van der Waals surface area contributed by atoms with Crippen molar-refractivity contribution in [2.75, 3.05) is 14.2 Å². The van der Waals surface area contributed by atoms with Gasteiger partial charge in [0.25, 0.3) is 9.04 Å². The Balaban J connectivity index is 2.03. The number of aryl methyl sites for hydroxylation is 1. The van der Waals surface area contributed by atoms with Crippen molar-refractivity contribution < 1.29 is 13.9 Å². The van der Waals surface area contributed by atoms with Gasteiger partial charge in [0, 0.05) is 11.6 Å². The summed E-state index contributed by atoms with van der Waals surface area (Å²) in [6.45, 7) is 4.32. The molecule has 1 aliphatic rings. The van der Waals surface area contributed by atoms with Gasteiger partial charge in [-0.05, 0) is 60.8 Å². The Morgan fingerprint density at radius 1 is 0.958 bits per heavy atom. The molecule has 0 bridgehead atoms. The highest BCUT2D eigenvalue weighted by molar-refractivity contribution is 6.49. The van der Waals surface area contributed by atoms with Crippen molar-refractivity contribution in [3.05, 3.63) is 53.1 Å². The second-order valence-electron chi connectivity index (χ2n) is 6.12. The van der Waals surface area contributed by atoms with Crippen LogP contribution in [0.5, 0.6) is 17.2 Å². The van der Waals surface area contributed by atoms with Crippen molar-refractivity contribution >= 4 is 20.7 Å². The molecular formula is C20H23O3Si. The zero-order chi connectivity index (χ0) is 17.1. The number of methoxy groups -OCH3 is 2. The minimum atomic E-state index is -0.791. The maximum atomic E-state index is 6.13. The lowest BCUT2D eigenvalue weighted by molar-refractivity contribution is 0.394. The summed E-state index contributed by atoms with van der Waals surface area (Å²) in [5.41, 5.74) is 5.05. The van der Waals surface area contributed by atoms with E-state index in [9.17, 15) is 0 Å². The molecule has 2 aromatic carbocycles. The molecule has 0 amide bonds. The minimum Gasteiger partial charge on any atom is -0.542 e. The lowest BCUT2D eigenvalue weighted by atomic mass is 10.0. The Morgan fingerprint density at radius 3 is 2.29 bits per heavy atom. The highest BCUT2D eigenvalue weighted by Gasteiger charge is 2.21. The SMILES string of the molecule is COc1cc(C=C2CCc3cccc(O[Si](C)C)c32)cc(OC)c1. The van der Waals surface area contributed by atoms with Gasteiger partial charge in [-0.2, -0.15) is 0 Å². The maximum absolute atomic E-state index is 6.13. The van der Waals surface area contributed by atoms with E-state index in [1.807, 2.05) is 18.2 Å². The van der Waals surface area contributed by atoms with Crippen LogP contribution in [-0.4, -0.2) is 23.3 Å². The minimum absolute atomic E-state index is 0.791. The molecule has 0 aromatic heterocycles. The van der Waals surface area contributed by atoms with Crippen LogP contribution in [0, 0.1) is 0 Å². The maximum Gasteiger partial charge on any atom is 0.274 e. The molecule has 0 atom stereocenters. The summed E-state index contributed by atoms with van der Waals surface area (Å²) in [4.78, 5) is 0. The van der Waals surface area contributed by atoms with Gasteiger partial charge in [0.2, 0.25) is 0 Å². The third-order valence-electron chi connectivity index (χ3n) is 4.13. The predicted octanol–water partition coefficient (Wildman–Crippen LogP) is 4.82. The lowest BCUT2D eigenvalue weighted by Gasteiger charge is -2.14. The third kappa shape index (κ3) is 3.49. The fraction of sp³-hybridized carbons (Fsp3) is 0.300. The van der Waals surface area contributed by atoms with E-state index < -0.39 is 9.04 Å². The van der Waals surface area contributed by atoms with Crippen LogP contribution >= 0.6 is 0 Å². The molecule has 24 heavy (non-hydrogen) atoms. The van der Waals surface area contributed by atoms with Gasteiger partial charge in [0.05, 0.1) is 14.2 Å². The smallest absolute Gasteiger partial charge is 0.274 e. The van der Waals surface area contributed by atoms with Gasteiger partial charge in [-0.1, -0.05) is 18.2 Å². The second-order valence-corrected chi connectivity index (χ2v) is 8.14. The molecule has 2 aromatic rings. The molecule has 4 heteroatoms. The molecule has 3 nitrogen and oxygen atoms in total. The van der Waals surface area contributed by atoms with Crippen LogP contribution in [0.25, 0.3) is 11.6 Å². The standard InChI is InChI=1S/C20H23O3Si/c1-21-17-11-14(12-18(13-17)22-2)10-16-9-8-15-6-5-7-19(20(15)16)23-24(3)4/h5-7,10-13H,8-9H2,1-4H3. The number of fused-ring (bicyclic) bond motifs is 1. The van der Waals surface area contributed by atoms with E-state index in [2.05, 4.69) is 37.4 Å². The molecule has 0 heterocycles. The zero-order valence-corrected chi connectivity index (χ0v) is 15.7. The third-order valence-corrected chi connectivity index (χ3v) is 4.75. The fourth-order valence-corrected chi connectivity index (χ4v) is 3.72. The second kappa shape index (κ2) is 7.14. The van der Waals surface area contributed by atoms with Crippen LogP contribution in [0.4, 0.5) is 0 Å². The summed E-state index contributed by atoms with van der Waals surface area (Å²) in [6, 6.07) is 12.3. The summed E-state index contributed by atoms with van der Waals surface area (Å²) < 4.78 is 16.9. The molecule has 0 fully saturated rings.